The Kier molecular flexibility index (Phi) is 8.88. The number of rotatable bonds is 9. The van der Waals surface area contributed by atoms with Crippen LogP contribution >= 0.6 is 0 Å². The van der Waals surface area contributed by atoms with E-state index in [4.69, 9.17) is 4.74 Å². The first kappa shape index (κ1) is 25.1. The van der Waals surface area contributed by atoms with Crippen LogP contribution in [0.4, 0.5) is 0 Å². The monoisotopic (exact) mass is 453 g/mol. The Morgan fingerprint density at radius 3 is 2.35 bits per heavy atom. The molecule has 9 heteroatoms. The Morgan fingerprint density at radius 2 is 1.81 bits per heavy atom. The van der Waals surface area contributed by atoms with Crippen LogP contribution in [0, 0.1) is 11.8 Å². The summed E-state index contributed by atoms with van der Waals surface area (Å²) in [6.45, 7) is 8.09. The van der Waals surface area contributed by atoms with Crippen molar-refractivity contribution in [2.24, 2.45) is 11.8 Å². The fourth-order valence-electron chi connectivity index (χ4n) is 3.62. The highest BCUT2D eigenvalue weighted by Gasteiger charge is 2.35. The molecule has 2 amide bonds. The van der Waals surface area contributed by atoms with Gasteiger partial charge in [0.2, 0.25) is 21.8 Å². The second-order valence-electron chi connectivity index (χ2n) is 8.41. The summed E-state index contributed by atoms with van der Waals surface area (Å²) in [5.74, 6) is -0.453. The molecule has 3 atom stereocenters. The predicted octanol–water partition coefficient (Wildman–Crippen LogP) is 2.15. The van der Waals surface area contributed by atoms with Crippen LogP contribution in [0.2, 0.25) is 0 Å². The Bertz CT molecular complexity index is 854. The lowest BCUT2D eigenvalue weighted by molar-refractivity contribution is -0.133. The second kappa shape index (κ2) is 10.9. The van der Waals surface area contributed by atoms with Gasteiger partial charge in [0.15, 0.2) is 0 Å². The Morgan fingerprint density at radius 1 is 1.16 bits per heavy atom. The highest BCUT2D eigenvalue weighted by molar-refractivity contribution is 7.89. The molecule has 1 aromatic carbocycles. The summed E-state index contributed by atoms with van der Waals surface area (Å²) >= 11 is 0. The number of nitrogens with one attached hydrogen (secondary N) is 2. The maximum atomic E-state index is 13.1. The normalized spacial score (nSPS) is 19.5. The molecule has 2 rings (SSSR count). The smallest absolute Gasteiger partial charge is 0.243 e. The molecule has 1 saturated heterocycles. The minimum atomic E-state index is -3.72. The number of carbonyl (C=O) groups excluding carboxylic acids is 2. The number of nitrogens with zero attached hydrogens (tertiary/aromatic N) is 1. The summed E-state index contributed by atoms with van der Waals surface area (Å²) in [4.78, 5) is 25.7. The maximum absolute atomic E-state index is 13.1. The Labute approximate surface area is 185 Å². The first-order valence-electron chi connectivity index (χ1n) is 10.8. The van der Waals surface area contributed by atoms with Crippen LogP contribution in [0.15, 0.2) is 29.2 Å². The zero-order valence-electron chi connectivity index (χ0n) is 19.1. The van der Waals surface area contributed by atoms with E-state index in [1.165, 1.54) is 23.5 Å². The van der Waals surface area contributed by atoms with E-state index in [0.29, 0.717) is 25.1 Å². The van der Waals surface area contributed by atoms with Crippen LogP contribution in [-0.2, 0) is 19.6 Å². The van der Waals surface area contributed by atoms with E-state index >= 15 is 0 Å². The number of benzene rings is 1. The van der Waals surface area contributed by atoms with E-state index in [9.17, 15) is 18.0 Å². The molecule has 1 aliphatic heterocycles. The van der Waals surface area contributed by atoms with Crippen LogP contribution in [-0.4, -0.2) is 56.8 Å². The van der Waals surface area contributed by atoms with Crippen LogP contribution in [0.1, 0.15) is 47.0 Å². The van der Waals surface area contributed by atoms with Crippen molar-refractivity contribution in [3.63, 3.8) is 0 Å². The van der Waals surface area contributed by atoms with E-state index in [0.717, 1.165) is 6.42 Å². The molecule has 0 aromatic heterocycles. The topological polar surface area (TPSA) is 105 Å². The van der Waals surface area contributed by atoms with E-state index in [2.05, 4.69) is 10.6 Å². The van der Waals surface area contributed by atoms with Crippen LogP contribution < -0.4 is 15.4 Å². The minimum absolute atomic E-state index is 0.0317. The van der Waals surface area contributed by atoms with Crippen LogP contribution in [0.3, 0.4) is 0 Å². The lowest BCUT2D eigenvalue weighted by atomic mass is 9.94. The third kappa shape index (κ3) is 6.43. The van der Waals surface area contributed by atoms with Gasteiger partial charge in [0.25, 0.3) is 0 Å². The standard InChI is InChI=1S/C22H35N3O5S/c1-6-16(4)20(22(27)23-15(2)3)24-21(26)17-8-7-13-25(14-17)31(28,29)19-11-9-18(30-5)10-12-19/h9-12,15-17,20H,6-8,13-14H2,1-5H3,(H,23,27)(H,24,26)/t16?,17?,20-/m0/s1. The van der Waals surface area contributed by atoms with Gasteiger partial charge in [-0.3, -0.25) is 9.59 Å². The van der Waals surface area contributed by atoms with E-state index in [-0.39, 0.29) is 35.2 Å². The summed E-state index contributed by atoms with van der Waals surface area (Å²) < 4.78 is 32.5. The number of hydrogen-bond donors (Lipinski definition) is 2. The lowest BCUT2D eigenvalue weighted by Gasteiger charge is -2.33. The van der Waals surface area contributed by atoms with Crippen molar-refractivity contribution in [1.82, 2.24) is 14.9 Å². The zero-order chi connectivity index (χ0) is 23.2. The average molecular weight is 454 g/mol. The SMILES string of the molecule is CCC(C)[C@H](NC(=O)C1CCCN(S(=O)(=O)c2ccc(OC)cc2)C1)C(=O)NC(C)C. The molecule has 1 fully saturated rings. The van der Waals surface area contributed by atoms with Gasteiger partial charge in [-0.05, 0) is 56.9 Å². The van der Waals surface area contributed by atoms with Gasteiger partial charge in [-0.1, -0.05) is 20.3 Å². The number of carbonyl (C=O) groups is 2. The molecule has 1 aliphatic rings. The molecule has 174 valence electrons. The summed E-state index contributed by atoms with van der Waals surface area (Å²) in [6, 6.07) is 5.54. The highest BCUT2D eigenvalue weighted by atomic mass is 32.2. The molecule has 8 nitrogen and oxygen atoms in total. The van der Waals surface area contributed by atoms with Crippen LogP contribution in [0.25, 0.3) is 0 Å². The van der Waals surface area contributed by atoms with Crippen molar-refractivity contribution in [1.29, 1.82) is 0 Å². The molecule has 0 saturated carbocycles. The second-order valence-corrected chi connectivity index (χ2v) is 10.4. The molecule has 0 spiro atoms. The molecular weight excluding hydrogens is 418 g/mol. The van der Waals surface area contributed by atoms with Crippen molar-refractivity contribution < 1.29 is 22.7 Å². The summed E-state index contributed by atoms with van der Waals surface area (Å²) in [7, 11) is -2.20. The molecule has 0 bridgehead atoms. The largest absolute Gasteiger partial charge is 0.497 e. The number of methoxy groups -OCH3 is 1. The van der Waals surface area contributed by atoms with Gasteiger partial charge in [-0.2, -0.15) is 4.31 Å². The molecule has 31 heavy (non-hydrogen) atoms. The van der Waals surface area contributed by atoms with Crippen molar-refractivity contribution in [2.45, 2.75) is 63.9 Å². The number of ether oxygens (including phenoxy) is 1. The molecule has 0 aliphatic carbocycles. The third-order valence-electron chi connectivity index (χ3n) is 5.68. The molecule has 1 heterocycles. The zero-order valence-corrected chi connectivity index (χ0v) is 19.9. The fourth-order valence-corrected chi connectivity index (χ4v) is 5.14. The van der Waals surface area contributed by atoms with Crippen molar-refractivity contribution in [3.05, 3.63) is 24.3 Å². The van der Waals surface area contributed by atoms with E-state index in [1.54, 1.807) is 12.1 Å². The quantitative estimate of drug-likeness (QED) is 0.596. The van der Waals surface area contributed by atoms with Crippen molar-refractivity contribution in [3.8, 4) is 5.75 Å². The van der Waals surface area contributed by atoms with E-state index in [1.807, 2.05) is 27.7 Å². The molecule has 2 unspecified atom stereocenters. The maximum Gasteiger partial charge on any atom is 0.243 e. The first-order valence-corrected chi connectivity index (χ1v) is 12.3. The van der Waals surface area contributed by atoms with Crippen LogP contribution in [0.5, 0.6) is 5.75 Å². The molecule has 2 N–H and O–H groups in total. The van der Waals surface area contributed by atoms with Gasteiger partial charge in [-0.15, -0.1) is 0 Å². The third-order valence-corrected chi connectivity index (χ3v) is 7.56. The highest BCUT2D eigenvalue weighted by Crippen LogP contribution is 2.25. The number of piperidine rings is 1. The first-order chi connectivity index (χ1) is 14.6. The molecular formula is C22H35N3O5S. The number of amides is 2. The summed E-state index contributed by atoms with van der Waals surface area (Å²) in [6.07, 6.45) is 1.90. The summed E-state index contributed by atoms with van der Waals surface area (Å²) in [5, 5.41) is 5.74. The van der Waals surface area contributed by atoms with Crippen molar-refractivity contribution in [2.75, 3.05) is 20.2 Å². The average Bonchev–Trinajstić information content (AvgIpc) is 2.76. The van der Waals surface area contributed by atoms with Gasteiger partial charge < -0.3 is 15.4 Å². The Hall–Kier alpha value is -2.13. The van der Waals surface area contributed by atoms with Gasteiger partial charge >= 0.3 is 0 Å². The summed E-state index contributed by atoms with van der Waals surface area (Å²) in [5.41, 5.74) is 0. The Balaban J connectivity index is 2.12. The fraction of sp³-hybridized carbons (Fsp3) is 0.636. The number of hydrogen-bond acceptors (Lipinski definition) is 5. The van der Waals surface area contributed by atoms with Gasteiger partial charge in [0, 0.05) is 19.1 Å². The van der Waals surface area contributed by atoms with Gasteiger partial charge in [-0.25, -0.2) is 8.42 Å². The van der Waals surface area contributed by atoms with E-state index < -0.39 is 22.0 Å². The van der Waals surface area contributed by atoms with Gasteiger partial charge in [0.1, 0.15) is 11.8 Å². The molecule has 1 aromatic rings. The predicted molar refractivity (Wildman–Crippen MR) is 119 cm³/mol. The van der Waals surface area contributed by atoms with Gasteiger partial charge in [0.05, 0.1) is 17.9 Å². The van der Waals surface area contributed by atoms with Crippen molar-refractivity contribution >= 4 is 21.8 Å². The molecule has 0 radical (unpaired) electrons. The lowest BCUT2D eigenvalue weighted by Crippen LogP contribution is -2.54. The minimum Gasteiger partial charge on any atom is -0.497 e. The number of sulfonamides is 1.